The lowest BCUT2D eigenvalue weighted by Gasteiger charge is -2.24. The molecule has 1 heterocycles. The number of ether oxygens (including phenoxy) is 4. The molecule has 10 heteroatoms. The Kier molecular flexibility index (Phi) is 10.0. The van der Waals surface area contributed by atoms with E-state index in [1.807, 2.05) is 42.2 Å². The third kappa shape index (κ3) is 7.07. The van der Waals surface area contributed by atoms with Gasteiger partial charge in [-0.05, 0) is 91.3 Å². The molecule has 0 aromatic heterocycles. The predicted molar refractivity (Wildman–Crippen MR) is 162 cm³/mol. The quantitative estimate of drug-likeness (QED) is 0.282. The molecule has 3 aromatic carbocycles. The van der Waals surface area contributed by atoms with Gasteiger partial charge in [0.05, 0.1) is 40.0 Å². The molecule has 1 saturated heterocycles. The second-order valence-electron chi connectivity index (χ2n) is 9.43. The van der Waals surface area contributed by atoms with Crippen LogP contribution in [0.3, 0.4) is 0 Å². The highest BCUT2D eigenvalue weighted by atomic mass is 32.1. The number of carbonyl (C=O) groups is 2. The maximum absolute atomic E-state index is 13.7. The molecule has 0 radical (unpaired) electrons. The van der Waals surface area contributed by atoms with Gasteiger partial charge in [0.1, 0.15) is 17.5 Å². The summed E-state index contributed by atoms with van der Waals surface area (Å²) in [7, 11) is 4.75. The number of hydrogen-bond donors (Lipinski definition) is 1. The molecule has 1 aliphatic heterocycles. The van der Waals surface area contributed by atoms with E-state index < -0.39 is 6.04 Å². The number of amides is 2. The Bertz CT molecular complexity index is 1360. The first kappa shape index (κ1) is 29.7. The van der Waals surface area contributed by atoms with E-state index in [9.17, 15) is 9.59 Å². The maximum atomic E-state index is 13.7. The van der Waals surface area contributed by atoms with Gasteiger partial charge in [0.25, 0.3) is 5.91 Å². The summed E-state index contributed by atoms with van der Waals surface area (Å²) >= 11 is 5.80. The molecule has 3 aromatic rings. The first-order valence-corrected chi connectivity index (χ1v) is 13.8. The number of nitrogens with one attached hydrogen (secondary N) is 1. The van der Waals surface area contributed by atoms with Gasteiger partial charge >= 0.3 is 0 Å². The largest absolute Gasteiger partial charge is 0.497 e. The zero-order valence-electron chi connectivity index (χ0n) is 23.7. The fourth-order valence-electron chi connectivity index (χ4n) is 4.58. The van der Waals surface area contributed by atoms with Crippen LogP contribution in [0.2, 0.25) is 0 Å². The fourth-order valence-corrected chi connectivity index (χ4v) is 5.00. The molecule has 1 atom stereocenters. The van der Waals surface area contributed by atoms with Crippen LogP contribution in [0.5, 0.6) is 23.0 Å². The van der Waals surface area contributed by atoms with E-state index in [-0.39, 0.29) is 18.2 Å². The summed E-state index contributed by atoms with van der Waals surface area (Å²) in [6.07, 6.45) is 1.42. The lowest BCUT2D eigenvalue weighted by Crippen LogP contribution is -2.39. The Hall–Kier alpha value is -4.31. The van der Waals surface area contributed by atoms with E-state index in [1.54, 1.807) is 57.7 Å². The van der Waals surface area contributed by atoms with Crippen LogP contribution >= 0.6 is 12.2 Å². The minimum Gasteiger partial charge on any atom is -0.497 e. The van der Waals surface area contributed by atoms with Crippen LogP contribution in [-0.2, 0) is 16.0 Å². The second kappa shape index (κ2) is 13.8. The molecule has 0 unspecified atom stereocenters. The van der Waals surface area contributed by atoms with Gasteiger partial charge in [-0.1, -0.05) is 13.0 Å². The second-order valence-corrected chi connectivity index (χ2v) is 9.79. The number of benzene rings is 3. The van der Waals surface area contributed by atoms with Gasteiger partial charge in [0.15, 0.2) is 16.6 Å². The number of carbonyl (C=O) groups excluding carboxylic acids is 2. The summed E-state index contributed by atoms with van der Waals surface area (Å²) in [6.45, 7) is 3.09. The Morgan fingerprint density at radius 3 is 2.22 bits per heavy atom. The summed E-state index contributed by atoms with van der Waals surface area (Å²) in [5.41, 5.74) is 2.22. The number of hydrogen-bond acceptors (Lipinski definition) is 7. The van der Waals surface area contributed by atoms with Gasteiger partial charge in [-0.15, -0.1) is 0 Å². The highest BCUT2D eigenvalue weighted by Crippen LogP contribution is 2.31. The van der Waals surface area contributed by atoms with Crippen molar-refractivity contribution in [2.24, 2.45) is 0 Å². The zero-order valence-corrected chi connectivity index (χ0v) is 24.5. The topological polar surface area (TPSA) is 89.6 Å². The van der Waals surface area contributed by atoms with Crippen molar-refractivity contribution < 1.29 is 28.5 Å². The van der Waals surface area contributed by atoms with Gasteiger partial charge in [-0.3, -0.25) is 14.5 Å². The number of rotatable bonds is 13. The monoisotopic (exact) mass is 577 g/mol. The lowest BCUT2D eigenvalue weighted by molar-refractivity contribution is -0.124. The van der Waals surface area contributed by atoms with Crippen molar-refractivity contribution >= 4 is 40.5 Å². The summed E-state index contributed by atoms with van der Waals surface area (Å²) in [6, 6.07) is 19.2. The highest BCUT2D eigenvalue weighted by molar-refractivity contribution is 7.80. The predicted octanol–water partition coefficient (Wildman–Crippen LogP) is 5.07. The molecule has 9 nitrogen and oxygen atoms in total. The highest BCUT2D eigenvalue weighted by Gasteiger charge is 2.44. The Labute approximate surface area is 245 Å². The van der Waals surface area contributed by atoms with Crippen molar-refractivity contribution in [3.05, 3.63) is 72.3 Å². The first-order chi connectivity index (χ1) is 19.9. The first-order valence-electron chi connectivity index (χ1n) is 13.4. The van der Waals surface area contributed by atoms with E-state index in [0.29, 0.717) is 53.3 Å². The molecular weight excluding hydrogens is 542 g/mol. The third-order valence-electron chi connectivity index (χ3n) is 6.73. The summed E-state index contributed by atoms with van der Waals surface area (Å²) < 4.78 is 21.7. The minimum atomic E-state index is -0.767. The van der Waals surface area contributed by atoms with Crippen molar-refractivity contribution in [2.45, 2.75) is 32.2 Å². The van der Waals surface area contributed by atoms with Crippen molar-refractivity contribution in [3.63, 3.8) is 0 Å². The average molecular weight is 578 g/mol. The molecule has 4 rings (SSSR count). The molecule has 216 valence electrons. The standard InChI is InChI=1S/C31H35N3O6S/c1-5-18-40-25-11-7-22(8-12-25)32-29(35)20-26-30(36)34(23-9-13-24(37-2)14-10-23)31(41)33(26)17-16-21-6-15-27(38-3)28(19-21)39-4/h6-15,19,26H,5,16-18,20H2,1-4H3,(H,32,35)/t26-/m0/s1. The van der Waals surface area contributed by atoms with E-state index in [1.165, 1.54) is 4.90 Å². The van der Waals surface area contributed by atoms with E-state index in [2.05, 4.69) is 5.32 Å². The smallest absolute Gasteiger partial charge is 0.256 e. The van der Waals surface area contributed by atoms with Gasteiger partial charge < -0.3 is 29.2 Å². The van der Waals surface area contributed by atoms with Crippen LogP contribution in [0.15, 0.2) is 66.7 Å². The van der Waals surface area contributed by atoms with Crippen LogP contribution in [0.25, 0.3) is 0 Å². The molecule has 0 bridgehead atoms. The van der Waals surface area contributed by atoms with Crippen molar-refractivity contribution in [2.75, 3.05) is 44.7 Å². The normalized spacial score (nSPS) is 14.7. The zero-order chi connectivity index (χ0) is 29.4. The Balaban J connectivity index is 1.53. The molecule has 1 aliphatic rings. The summed E-state index contributed by atoms with van der Waals surface area (Å²) in [5.74, 6) is 2.10. The van der Waals surface area contributed by atoms with Gasteiger partial charge in [0, 0.05) is 12.2 Å². The fraction of sp³-hybridized carbons (Fsp3) is 0.323. The van der Waals surface area contributed by atoms with Gasteiger partial charge in [-0.25, -0.2) is 0 Å². The SMILES string of the molecule is CCCOc1ccc(NC(=O)C[C@H]2C(=O)N(c3ccc(OC)cc3)C(=S)N2CCc2ccc(OC)c(OC)c2)cc1. The van der Waals surface area contributed by atoms with Crippen LogP contribution in [0.4, 0.5) is 11.4 Å². The molecule has 1 N–H and O–H groups in total. The van der Waals surface area contributed by atoms with Crippen LogP contribution in [-0.4, -0.2) is 62.3 Å². The van der Waals surface area contributed by atoms with Crippen LogP contribution in [0.1, 0.15) is 25.3 Å². The van der Waals surface area contributed by atoms with E-state index in [4.69, 9.17) is 31.2 Å². The summed E-state index contributed by atoms with van der Waals surface area (Å²) in [5, 5.41) is 3.24. The third-order valence-corrected chi connectivity index (χ3v) is 7.15. The summed E-state index contributed by atoms with van der Waals surface area (Å²) in [4.78, 5) is 30.2. The van der Waals surface area contributed by atoms with Crippen molar-refractivity contribution in [3.8, 4) is 23.0 Å². The minimum absolute atomic E-state index is 0.0638. The Morgan fingerprint density at radius 2 is 1.59 bits per heavy atom. The van der Waals surface area contributed by atoms with Crippen LogP contribution < -0.4 is 29.2 Å². The molecule has 0 saturated carbocycles. The molecule has 41 heavy (non-hydrogen) atoms. The molecule has 0 spiro atoms. The van der Waals surface area contributed by atoms with E-state index in [0.717, 1.165) is 17.7 Å². The molecular formula is C31H35N3O6S. The van der Waals surface area contributed by atoms with Crippen LogP contribution in [0, 0.1) is 0 Å². The lowest BCUT2D eigenvalue weighted by atomic mass is 10.1. The molecule has 0 aliphatic carbocycles. The van der Waals surface area contributed by atoms with Crippen molar-refractivity contribution in [1.29, 1.82) is 0 Å². The van der Waals surface area contributed by atoms with Crippen molar-refractivity contribution in [1.82, 2.24) is 4.90 Å². The number of anilines is 2. The van der Waals surface area contributed by atoms with E-state index >= 15 is 0 Å². The van der Waals surface area contributed by atoms with Gasteiger partial charge in [-0.2, -0.15) is 0 Å². The molecule has 1 fully saturated rings. The molecule has 2 amide bonds. The number of thiocarbonyl (C=S) groups is 1. The van der Waals surface area contributed by atoms with Gasteiger partial charge in [0.2, 0.25) is 5.91 Å². The number of nitrogens with zero attached hydrogens (tertiary/aromatic N) is 2. The maximum Gasteiger partial charge on any atom is 0.256 e. The number of methoxy groups -OCH3 is 3. The average Bonchev–Trinajstić information content (AvgIpc) is 3.23. The Morgan fingerprint density at radius 1 is 0.902 bits per heavy atom.